The lowest BCUT2D eigenvalue weighted by Gasteiger charge is -2.32. The number of rotatable bonds is 4. The summed E-state index contributed by atoms with van der Waals surface area (Å²) in [4.78, 5) is 14.9. The zero-order valence-corrected chi connectivity index (χ0v) is 13.2. The van der Waals surface area contributed by atoms with Gasteiger partial charge in [0.15, 0.2) is 0 Å². The van der Waals surface area contributed by atoms with E-state index in [0.29, 0.717) is 17.7 Å². The SMILES string of the molecule is CCN(CC1CCNCC1)C(=O)C1CCCCCCC1. The van der Waals surface area contributed by atoms with Crippen LogP contribution in [0, 0.1) is 11.8 Å². The maximum atomic E-state index is 12.8. The Kier molecular flexibility index (Phi) is 6.85. The fraction of sp³-hybridized carbons (Fsp3) is 0.941. The minimum absolute atomic E-state index is 0.317. The van der Waals surface area contributed by atoms with E-state index in [4.69, 9.17) is 0 Å². The van der Waals surface area contributed by atoms with Gasteiger partial charge in [0.1, 0.15) is 0 Å². The molecule has 0 aromatic heterocycles. The molecule has 1 aliphatic heterocycles. The smallest absolute Gasteiger partial charge is 0.225 e. The first-order chi connectivity index (χ1) is 9.81. The van der Waals surface area contributed by atoms with E-state index in [0.717, 1.165) is 39.0 Å². The van der Waals surface area contributed by atoms with Crippen LogP contribution in [-0.2, 0) is 4.79 Å². The summed E-state index contributed by atoms with van der Waals surface area (Å²) in [5.41, 5.74) is 0. The number of carbonyl (C=O) groups is 1. The van der Waals surface area contributed by atoms with Crippen LogP contribution < -0.4 is 5.32 Å². The van der Waals surface area contributed by atoms with Crippen molar-refractivity contribution in [2.75, 3.05) is 26.2 Å². The Hall–Kier alpha value is -0.570. The molecular formula is C17H32N2O. The molecule has 116 valence electrons. The minimum Gasteiger partial charge on any atom is -0.342 e. The standard InChI is InChI=1S/C17H32N2O/c1-2-19(14-15-10-12-18-13-11-15)17(20)16-8-6-4-3-5-7-9-16/h15-16,18H,2-14H2,1H3. The van der Waals surface area contributed by atoms with Gasteiger partial charge in [0.05, 0.1) is 0 Å². The van der Waals surface area contributed by atoms with Crippen LogP contribution in [0.1, 0.15) is 64.7 Å². The maximum Gasteiger partial charge on any atom is 0.225 e. The molecule has 1 aliphatic carbocycles. The first kappa shape index (κ1) is 15.8. The van der Waals surface area contributed by atoms with Crippen LogP contribution in [0.5, 0.6) is 0 Å². The molecule has 3 heteroatoms. The van der Waals surface area contributed by atoms with E-state index in [2.05, 4.69) is 17.1 Å². The van der Waals surface area contributed by atoms with E-state index >= 15 is 0 Å². The highest BCUT2D eigenvalue weighted by atomic mass is 16.2. The first-order valence-electron chi connectivity index (χ1n) is 8.80. The van der Waals surface area contributed by atoms with Crippen molar-refractivity contribution in [3.63, 3.8) is 0 Å². The third-order valence-corrected chi connectivity index (χ3v) is 5.09. The Morgan fingerprint density at radius 2 is 1.60 bits per heavy atom. The van der Waals surface area contributed by atoms with Crippen molar-refractivity contribution >= 4 is 5.91 Å². The number of carbonyl (C=O) groups excluding carboxylic acids is 1. The molecule has 0 spiro atoms. The number of nitrogens with zero attached hydrogens (tertiary/aromatic N) is 1. The number of piperidine rings is 1. The topological polar surface area (TPSA) is 32.3 Å². The van der Waals surface area contributed by atoms with E-state index in [-0.39, 0.29) is 0 Å². The maximum absolute atomic E-state index is 12.8. The predicted molar refractivity (Wildman–Crippen MR) is 83.7 cm³/mol. The molecule has 1 heterocycles. The molecule has 0 aromatic carbocycles. The fourth-order valence-electron chi connectivity index (χ4n) is 3.71. The Morgan fingerprint density at radius 3 is 2.20 bits per heavy atom. The molecule has 1 amide bonds. The van der Waals surface area contributed by atoms with Gasteiger partial charge in [-0.2, -0.15) is 0 Å². The van der Waals surface area contributed by atoms with Crippen LogP contribution in [0.4, 0.5) is 0 Å². The zero-order valence-electron chi connectivity index (χ0n) is 13.2. The molecular weight excluding hydrogens is 248 g/mol. The van der Waals surface area contributed by atoms with Crippen molar-refractivity contribution in [3.05, 3.63) is 0 Å². The van der Waals surface area contributed by atoms with Gasteiger partial charge in [0.25, 0.3) is 0 Å². The van der Waals surface area contributed by atoms with Crippen LogP contribution in [0.2, 0.25) is 0 Å². The van der Waals surface area contributed by atoms with Crippen molar-refractivity contribution in [1.29, 1.82) is 0 Å². The van der Waals surface area contributed by atoms with Gasteiger partial charge in [-0.25, -0.2) is 0 Å². The second-order valence-corrected chi connectivity index (χ2v) is 6.61. The van der Waals surface area contributed by atoms with Gasteiger partial charge >= 0.3 is 0 Å². The van der Waals surface area contributed by atoms with E-state index in [1.165, 1.54) is 44.9 Å². The van der Waals surface area contributed by atoms with Gasteiger partial charge in [0.2, 0.25) is 5.91 Å². The molecule has 2 rings (SSSR count). The van der Waals surface area contributed by atoms with E-state index in [1.807, 2.05) is 0 Å². The zero-order chi connectivity index (χ0) is 14.2. The van der Waals surface area contributed by atoms with Gasteiger partial charge in [-0.3, -0.25) is 4.79 Å². The summed E-state index contributed by atoms with van der Waals surface area (Å²) in [5.74, 6) is 1.48. The largest absolute Gasteiger partial charge is 0.342 e. The number of hydrogen-bond donors (Lipinski definition) is 1. The van der Waals surface area contributed by atoms with Crippen LogP contribution in [-0.4, -0.2) is 37.0 Å². The Bertz CT molecular complexity index is 279. The Labute approximate surface area is 124 Å². The summed E-state index contributed by atoms with van der Waals surface area (Å²) >= 11 is 0. The summed E-state index contributed by atoms with van der Waals surface area (Å²) in [6.07, 6.45) is 11.2. The third kappa shape index (κ3) is 4.76. The van der Waals surface area contributed by atoms with Crippen LogP contribution in [0.15, 0.2) is 0 Å². The fourth-order valence-corrected chi connectivity index (χ4v) is 3.71. The van der Waals surface area contributed by atoms with E-state index < -0.39 is 0 Å². The molecule has 1 N–H and O–H groups in total. The van der Waals surface area contributed by atoms with Gasteiger partial charge in [-0.15, -0.1) is 0 Å². The van der Waals surface area contributed by atoms with Crippen LogP contribution >= 0.6 is 0 Å². The number of nitrogens with one attached hydrogen (secondary N) is 1. The highest BCUT2D eigenvalue weighted by Gasteiger charge is 2.26. The molecule has 0 bridgehead atoms. The van der Waals surface area contributed by atoms with Gasteiger partial charge in [-0.1, -0.05) is 32.1 Å². The summed E-state index contributed by atoms with van der Waals surface area (Å²) in [7, 11) is 0. The molecule has 0 aromatic rings. The second-order valence-electron chi connectivity index (χ2n) is 6.61. The lowest BCUT2D eigenvalue weighted by Crippen LogP contribution is -2.42. The average molecular weight is 280 g/mol. The first-order valence-corrected chi connectivity index (χ1v) is 8.80. The van der Waals surface area contributed by atoms with Crippen LogP contribution in [0.25, 0.3) is 0 Å². The number of hydrogen-bond acceptors (Lipinski definition) is 2. The van der Waals surface area contributed by atoms with Gasteiger partial charge in [-0.05, 0) is 51.6 Å². The summed E-state index contributed by atoms with van der Waals surface area (Å²) in [5, 5.41) is 3.41. The minimum atomic E-state index is 0.317. The molecule has 2 aliphatic rings. The van der Waals surface area contributed by atoms with Crippen molar-refractivity contribution in [3.8, 4) is 0 Å². The lowest BCUT2D eigenvalue weighted by molar-refractivity contribution is -0.136. The average Bonchev–Trinajstić information content (AvgIpc) is 2.45. The monoisotopic (exact) mass is 280 g/mol. The van der Waals surface area contributed by atoms with Gasteiger partial charge < -0.3 is 10.2 Å². The highest BCUT2D eigenvalue weighted by molar-refractivity contribution is 5.78. The lowest BCUT2D eigenvalue weighted by atomic mass is 9.89. The summed E-state index contributed by atoms with van der Waals surface area (Å²) < 4.78 is 0. The molecule has 0 radical (unpaired) electrons. The highest BCUT2D eigenvalue weighted by Crippen LogP contribution is 2.25. The van der Waals surface area contributed by atoms with Crippen molar-refractivity contribution in [2.45, 2.75) is 64.7 Å². The van der Waals surface area contributed by atoms with Crippen molar-refractivity contribution in [1.82, 2.24) is 10.2 Å². The molecule has 0 atom stereocenters. The van der Waals surface area contributed by atoms with Crippen molar-refractivity contribution in [2.24, 2.45) is 11.8 Å². The summed E-state index contributed by atoms with van der Waals surface area (Å²) in [6.45, 7) is 6.27. The van der Waals surface area contributed by atoms with Gasteiger partial charge in [0, 0.05) is 19.0 Å². The molecule has 20 heavy (non-hydrogen) atoms. The second kappa shape index (κ2) is 8.66. The molecule has 3 nitrogen and oxygen atoms in total. The Morgan fingerprint density at radius 1 is 1.00 bits per heavy atom. The van der Waals surface area contributed by atoms with E-state index in [1.54, 1.807) is 0 Å². The molecule has 0 unspecified atom stereocenters. The third-order valence-electron chi connectivity index (χ3n) is 5.09. The van der Waals surface area contributed by atoms with Crippen molar-refractivity contribution < 1.29 is 4.79 Å². The molecule has 2 fully saturated rings. The normalized spacial score (nSPS) is 23.1. The van der Waals surface area contributed by atoms with Crippen LogP contribution in [0.3, 0.4) is 0 Å². The molecule has 1 saturated carbocycles. The quantitative estimate of drug-likeness (QED) is 0.857. The number of amides is 1. The Balaban J connectivity index is 1.85. The van der Waals surface area contributed by atoms with E-state index in [9.17, 15) is 4.79 Å². The summed E-state index contributed by atoms with van der Waals surface area (Å²) in [6, 6.07) is 0. The molecule has 1 saturated heterocycles. The predicted octanol–water partition coefficient (Wildman–Crippen LogP) is 3.20.